The van der Waals surface area contributed by atoms with E-state index in [1.165, 1.54) is 18.4 Å². The fourth-order valence-electron chi connectivity index (χ4n) is 1.48. The normalized spacial score (nSPS) is 13.2. The lowest BCUT2D eigenvalue weighted by atomic mass is 10.3. The summed E-state index contributed by atoms with van der Waals surface area (Å²) in [5.41, 5.74) is 0. The van der Waals surface area contributed by atoms with E-state index in [-0.39, 0.29) is 16.3 Å². The van der Waals surface area contributed by atoms with Crippen molar-refractivity contribution in [3.8, 4) is 6.07 Å². The van der Waals surface area contributed by atoms with Crippen molar-refractivity contribution < 1.29 is 18.3 Å². The number of nitrogens with zero attached hydrogens (tertiary/aromatic N) is 2. The van der Waals surface area contributed by atoms with E-state index >= 15 is 0 Å². The number of aliphatic carboxylic acids is 1. The van der Waals surface area contributed by atoms with Crippen LogP contribution in [0.2, 0.25) is 0 Å². The Balaban J connectivity index is 3.29. The molecule has 98 valence electrons. The number of sulfonamides is 1. The number of carboxylic acids is 1. The fourth-order valence-corrected chi connectivity index (χ4v) is 4.23. The van der Waals surface area contributed by atoms with Gasteiger partial charge in [-0.15, -0.1) is 11.3 Å². The molecule has 0 aliphatic heterocycles. The molecule has 0 aromatic carbocycles. The SMILES string of the molecule is CCN(C(C)C(=O)O)S(=O)(=O)c1ccsc1C#N. The first-order chi connectivity index (χ1) is 8.36. The molecule has 6 nitrogen and oxygen atoms in total. The van der Waals surface area contributed by atoms with Gasteiger partial charge in [0.05, 0.1) is 0 Å². The predicted octanol–water partition coefficient (Wildman–Crippen LogP) is 1.10. The van der Waals surface area contributed by atoms with Gasteiger partial charge in [-0.1, -0.05) is 6.92 Å². The molecule has 0 spiro atoms. The van der Waals surface area contributed by atoms with Crippen molar-refractivity contribution in [2.45, 2.75) is 24.8 Å². The maximum Gasteiger partial charge on any atom is 0.321 e. The van der Waals surface area contributed by atoms with Gasteiger partial charge in [-0.3, -0.25) is 4.79 Å². The Morgan fingerprint density at radius 3 is 2.72 bits per heavy atom. The van der Waals surface area contributed by atoms with Gasteiger partial charge in [0.25, 0.3) is 0 Å². The highest BCUT2D eigenvalue weighted by molar-refractivity contribution is 7.89. The van der Waals surface area contributed by atoms with Crippen LogP contribution in [0.25, 0.3) is 0 Å². The number of rotatable bonds is 5. The predicted molar refractivity (Wildman–Crippen MR) is 65.7 cm³/mol. The first-order valence-corrected chi connectivity index (χ1v) is 7.40. The molecule has 0 saturated heterocycles. The van der Waals surface area contributed by atoms with Crippen molar-refractivity contribution in [3.63, 3.8) is 0 Å². The van der Waals surface area contributed by atoms with Crippen molar-refractivity contribution in [2.24, 2.45) is 0 Å². The lowest BCUT2D eigenvalue weighted by Crippen LogP contribution is -2.43. The van der Waals surface area contributed by atoms with Gasteiger partial charge in [0.15, 0.2) is 0 Å². The highest BCUT2D eigenvalue weighted by Gasteiger charge is 2.33. The molecule has 1 heterocycles. The Hall–Kier alpha value is -1.43. The smallest absolute Gasteiger partial charge is 0.321 e. The molecule has 1 unspecified atom stereocenters. The Morgan fingerprint density at radius 2 is 2.28 bits per heavy atom. The molecule has 8 heteroatoms. The van der Waals surface area contributed by atoms with Gasteiger partial charge in [0, 0.05) is 6.54 Å². The summed E-state index contributed by atoms with van der Waals surface area (Å²) in [7, 11) is -3.95. The molecule has 1 aromatic rings. The third kappa shape index (κ3) is 2.53. The van der Waals surface area contributed by atoms with Gasteiger partial charge in [-0.2, -0.15) is 9.57 Å². The Bertz CT molecular complexity index is 585. The zero-order valence-electron chi connectivity index (χ0n) is 9.82. The molecule has 0 radical (unpaired) electrons. The first-order valence-electron chi connectivity index (χ1n) is 5.08. The summed E-state index contributed by atoms with van der Waals surface area (Å²) >= 11 is 1.01. The van der Waals surface area contributed by atoms with Crippen LogP contribution in [-0.2, 0) is 14.8 Å². The van der Waals surface area contributed by atoms with Crippen LogP contribution in [0.3, 0.4) is 0 Å². The molecule has 18 heavy (non-hydrogen) atoms. The molecule has 0 amide bonds. The van der Waals surface area contributed by atoms with Gasteiger partial charge < -0.3 is 5.11 Å². The summed E-state index contributed by atoms with van der Waals surface area (Å²) in [6, 6.07) is 1.93. The van der Waals surface area contributed by atoms with E-state index in [2.05, 4.69) is 0 Å². The average Bonchev–Trinajstić information content (AvgIpc) is 2.77. The fraction of sp³-hybridized carbons (Fsp3) is 0.400. The van der Waals surface area contributed by atoms with Gasteiger partial charge in [0.2, 0.25) is 10.0 Å². The van der Waals surface area contributed by atoms with Crippen molar-refractivity contribution >= 4 is 27.3 Å². The second-order valence-corrected chi connectivity index (χ2v) is 6.22. The van der Waals surface area contributed by atoms with E-state index < -0.39 is 22.0 Å². The second kappa shape index (κ2) is 5.48. The second-order valence-electron chi connectivity index (χ2n) is 3.45. The Morgan fingerprint density at radius 1 is 1.67 bits per heavy atom. The minimum atomic E-state index is -3.95. The molecular weight excluding hydrogens is 276 g/mol. The first kappa shape index (κ1) is 14.6. The van der Waals surface area contributed by atoms with E-state index in [1.54, 1.807) is 13.0 Å². The number of carboxylic acid groups (broad SMARTS) is 1. The van der Waals surface area contributed by atoms with E-state index in [9.17, 15) is 13.2 Å². The molecule has 0 bridgehead atoms. The van der Waals surface area contributed by atoms with Gasteiger partial charge in [0.1, 0.15) is 21.9 Å². The number of carbonyl (C=O) groups is 1. The zero-order valence-corrected chi connectivity index (χ0v) is 11.5. The summed E-state index contributed by atoms with van der Waals surface area (Å²) in [4.78, 5) is 10.8. The number of hydrogen-bond donors (Lipinski definition) is 1. The third-order valence-electron chi connectivity index (χ3n) is 2.42. The molecule has 1 atom stereocenters. The maximum absolute atomic E-state index is 12.3. The number of likely N-dealkylation sites (N-methyl/N-ethyl adjacent to an activating group) is 1. The van der Waals surface area contributed by atoms with Crippen molar-refractivity contribution in [1.29, 1.82) is 5.26 Å². The molecule has 1 N–H and O–H groups in total. The van der Waals surface area contributed by atoms with E-state index in [0.29, 0.717) is 0 Å². The molecule has 0 saturated carbocycles. The Labute approximate surface area is 109 Å². The van der Waals surface area contributed by atoms with Gasteiger partial charge in [-0.05, 0) is 18.4 Å². The number of hydrogen-bond acceptors (Lipinski definition) is 5. The molecular formula is C10H12N2O4S2. The van der Waals surface area contributed by atoms with Crippen LogP contribution >= 0.6 is 11.3 Å². The van der Waals surface area contributed by atoms with E-state index in [1.807, 2.05) is 0 Å². The maximum atomic E-state index is 12.3. The van der Waals surface area contributed by atoms with Crippen LogP contribution in [0.5, 0.6) is 0 Å². The highest BCUT2D eigenvalue weighted by atomic mass is 32.2. The van der Waals surface area contributed by atoms with Crippen molar-refractivity contribution in [2.75, 3.05) is 6.54 Å². The number of thiophene rings is 1. The van der Waals surface area contributed by atoms with Gasteiger partial charge in [-0.25, -0.2) is 8.42 Å². The van der Waals surface area contributed by atoms with E-state index in [0.717, 1.165) is 15.6 Å². The molecule has 0 aliphatic rings. The standard InChI is InChI=1S/C10H12N2O4S2/c1-3-12(7(2)10(13)14)18(15,16)9-4-5-17-8(9)6-11/h4-5,7H,3H2,1-2H3,(H,13,14). The molecule has 1 rings (SSSR count). The van der Waals surface area contributed by atoms with Crippen molar-refractivity contribution in [3.05, 3.63) is 16.3 Å². The summed E-state index contributed by atoms with van der Waals surface area (Å²) in [6.07, 6.45) is 0. The average molecular weight is 288 g/mol. The van der Waals surface area contributed by atoms with E-state index in [4.69, 9.17) is 10.4 Å². The topological polar surface area (TPSA) is 98.5 Å². The van der Waals surface area contributed by atoms with Crippen LogP contribution in [0.1, 0.15) is 18.7 Å². The summed E-state index contributed by atoms with van der Waals surface area (Å²) in [5.74, 6) is -1.23. The summed E-state index contributed by atoms with van der Waals surface area (Å²) < 4.78 is 25.4. The van der Waals surface area contributed by atoms with Crippen LogP contribution < -0.4 is 0 Å². The van der Waals surface area contributed by atoms with Gasteiger partial charge >= 0.3 is 5.97 Å². The zero-order chi connectivity index (χ0) is 13.9. The Kier molecular flexibility index (Phi) is 4.45. The minimum Gasteiger partial charge on any atom is -0.480 e. The van der Waals surface area contributed by atoms with Crippen LogP contribution in [0.15, 0.2) is 16.3 Å². The highest BCUT2D eigenvalue weighted by Crippen LogP contribution is 2.25. The van der Waals surface area contributed by atoms with Crippen LogP contribution in [-0.4, -0.2) is 36.4 Å². The molecule has 0 aliphatic carbocycles. The minimum absolute atomic E-state index is 0.0243. The lowest BCUT2D eigenvalue weighted by molar-refractivity contribution is -0.140. The van der Waals surface area contributed by atoms with Crippen LogP contribution in [0.4, 0.5) is 0 Å². The summed E-state index contributed by atoms with van der Waals surface area (Å²) in [5, 5.41) is 19.2. The lowest BCUT2D eigenvalue weighted by Gasteiger charge is -2.23. The third-order valence-corrected chi connectivity index (χ3v) is 5.45. The number of nitriles is 1. The van der Waals surface area contributed by atoms with Crippen molar-refractivity contribution in [1.82, 2.24) is 4.31 Å². The summed E-state index contributed by atoms with van der Waals surface area (Å²) in [6.45, 7) is 2.87. The largest absolute Gasteiger partial charge is 0.480 e. The monoisotopic (exact) mass is 288 g/mol. The van der Waals surface area contributed by atoms with Crippen LogP contribution in [0, 0.1) is 11.3 Å². The molecule has 1 aromatic heterocycles. The molecule has 0 fully saturated rings. The quantitative estimate of drug-likeness (QED) is 0.874.